The number of ether oxygens (including phenoxy) is 1. The van der Waals surface area contributed by atoms with Crippen LogP contribution in [0.5, 0.6) is 5.75 Å². The summed E-state index contributed by atoms with van der Waals surface area (Å²) >= 11 is 3.64. The van der Waals surface area contributed by atoms with Gasteiger partial charge in [-0.2, -0.15) is 0 Å². The van der Waals surface area contributed by atoms with E-state index in [1.165, 1.54) is 6.42 Å². The lowest BCUT2D eigenvalue weighted by Crippen LogP contribution is -2.52. The van der Waals surface area contributed by atoms with Crippen LogP contribution in [-0.2, 0) is 16.1 Å². The summed E-state index contributed by atoms with van der Waals surface area (Å²) in [5.41, 5.74) is 2.15. The smallest absolute Gasteiger partial charge is 0.261 e. The summed E-state index contributed by atoms with van der Waals surface area (Å²) in [5, 5.41) is 5.34. The van der Waals surface area contributed by atoms with Crippen molar-refractivity contribution in [1.82, 2.24) is 10.2 Å². The fourth-order valence-electron chi connectivity index (χ4n) is 4.90. The van der Waals surface area contributed by atoms with E-state index in [2.05, 4.69) is 21.2 Å². The summed E-state index contributed by atoms with van der Waals surface area (Å²) in [6.07, 6.45) is 6.06. The molecule has 5 nitrogen and oxygen atoms in total. The van der Waals surface area contributed by atoms with Gasteiger partial charge in [0.05, 0.1) is 4.47 Å². The maximum atomic E-state index is 13.6. The Morgan fingerprint density at radius 2 is 1.75 bits per heavy atom. The van der Waals surface area contributed by atoms with Crippen molar-refractivity contribution in [3.63, 3.8) is 0 Å². The average molecular weight is 552 g/mol. The normalized spacial score (nSPS) is 14.9. The van der Waals surface area contributed by atoms with Crippen LogP contribution in [0, 0.1) is 6.92 Å². The molecule has 1 saturated carbocycles. The highest BCUT2D eigenvalue weighted by molar-refractivity contribution is 9.10. The van der Waals surface area contributed by atoms with Crippen molar-refractivity contribution in [3.8, 4) is 5.75 Å². The fraction of sp³-hybridized carbons (Fsp3) is 0.400. The molecule has 0 aromatic heterocycles. The first-order valence-corrected chi connectivity index (χ1v) is 13.7. The number of aryl methyl sites for hydroxylation is 1. The molecule has 0 saturated heterocycles. The monoisotopic (exact) mass is 550 g/mol. The number of hydrogen-bond donors (Lipinski definition) is 1. The molecule has 3 aromatic carbocycles. The Morgan fingerprint density at radius 3 is 2.47 bits per heavy atom. The molecule has 0 radical (unpaired) electrons. The zero-order valence-electron chi connectivity index (χ0n) is 21.1. The Bertz CT molecular complexity index is 1190. The molecule has 4 rings (SSSR count). The van der Waals surface area contributed by atoms with E-state index in [-0.39, 0.29) is 24.5 Å². The van der Waals surface area contributed by atoms with Crippen molar-refractivity contribution in [1.29, 1.82) is 0 Å². The van der Waals surface area contributed by atoms with E-state index in [0.29, 0.717) is 18.7 Å². The van der Waals surface area contributed by atoms with Gasteiger partial charge in [-0.3, -0.25) is 9.59 Å². The number of amides is 2. The largest absolute Gasteiger partial charge is 0.483 e. The maximum absolute atomic E-state index is 13.6. The second-order valence-corrected chi connectivity index (χ2v) is 10.5. The molecule has 1 N–H and O–H groups in total. The lowest BCUT2D eigenvalue weighted by Gasteiger charge is -2.32. The van der Waals surface area contributed by atoms with Gasteiger partial charge in [-0.15, -0.1) is 0 Å². The van der Waals surface area contributed by atoms with Crippen molar-refractivity contribution >= 4 is 38.5 Å². The highest BCUT2D eigenvalue weighted by Crippen LogP contribution is 2.33. The molecular formula is C30H35BrN2O3. The Labute approximate surface area is 222 Å². The fourth-order valence-corrected chi connectivity index (χ4v) is 5.51. The van der Waals surface area contributed by atoms with Gasteiger partial charge < -0.3 is 15.0 Å². The zero-order valence-corrected chi connectivity index (χ0v) is 22.7. The van der Waals surface area contributed by atoms with Gasteiger partial charge in [-0.05, 0) is 64.5 Å². The zero-order chi connectivity index (χ0) is 25.5. The summed E-state index contributed by atoms with van der Waals surface area (Å²) < 4.78 is 6.82. The van der Waals surface area contributed by atoms with Gasteiger partial charge in [-0.1, -0.05) is 86.3 Å². The predicted octanol–water partition coefficient (Wildman–Crippen LogP) is 6.55. The Morgan fingerprint density at radius 1 is 1.03 bits per heavy atom. The average Bonchev–Trinajstić information content (AvgIpc) is 2.90. The van der Waals surface area contributed by atoms with Crippen molar-refractivity contribution < 1.29 is 14.3 Å². The summed E-state index contributed by atoms with van der Waals surface area (Å²) in [6.45, 7) is 4.21. The van der Waals surface area contributed by atoms with Crippen molar-refractivity contribution in [3.05, 3.63) is 76.3 Å². The Balaban J connectivity index is 1.52. The van der Waals surface area contributed by atoms with E-state index < -0.39 is 6.04 Å². The lowest BCUT2D eigenvalue weighted by molar-refractivity contribution is -0.143. The van der Waals surface area contributed by atoms with Gasteiger partial charge >= 0.3 is 0 Å². The van der Waals surface area contributed by atoms with Crippen LogP contribution in [0.4, 0.5) is 0 Å². The lowest BCUT2D eigenvalue weighted by atomic mass is 9.95. The van der Waals surface area contributed by atoms with E-state index >= 15 is 0 Å². The van der Waals surface area contributed by atoms with Gasteiger partial charge in [0.25, 0.3) is 5.91 Å². The number of rotatable bonds is 9. The number of nitrogens with zero attached hydrogens (tertiary/aromatic N) is 1. The molecule has 0 aliphatic heterocycles. The number of benzene rings is 3. The van der Waals surface area contributed by atoms with E-state index in [4.69, 9.17) is 4.74 Å². The first-order valence-electron chi connectivity index (χ1n) is 12.9. The van der Waals surface area contributed by atoms with Crippen molar-refractivity contribution in [2.24, 2.45) is 0 Å². The number of nitrogens with one attached hydrogen (secondary N) is 1. The number of hydrogen-bond acceptors (Lipinski definition) is 3. The molecule has 0 bridgehead atoms. The number of halogens is 1. The van der Waals surface area contributed by atoms with Gasteiger partial charge in [0.15, 0.2) is 6.61 Å². The van der Waals surface area contributed by atoms with Gasteiger partial charge in [0.1, 0.15) is 11.8 Å². The molecule has 1 unspecified atom stereocenters. The Kier molecular flexibility index (Phi) is 9.03. The van der Waals surface area contributed by atoms with Crippen LogP contribution in [0.2, 0.25) is 0 Å². The van der Waals surface area contributed by atoms with Gasteiger partial charge in [-0.25, -0.2) is 0 Å². The highest BCUT2D eigenvalue weighted by atomic mass is 79.9. The number of fused-ring (bicyclic) bond motifs is 1. The topological polar surface area (TPSA) is 58.6 Å². The molecule has 1 aliphatic carbocycles. The first-order chi connectivity index (χ1) is 17.5. The van der Waals surface area contributed by atoms with Crippen molar-refractivity contribution in [2.45, 2.75) is 71.0 Å². The third-order valence-corrected chi connectivity index (χ3v) is 7.81. The quantitative estimate of drug-likeness (QED) is 0.328. The summed E-state index contributed by atoms with van der Waals surface area (Å²) in [6, 6.07) is 19.6. The minimum atomic E-state index is -0.552. The van der Waals surface area contributed by atoms with Crippen LogP contribution in [0.25, 0.3) is 10.8 Å². The molecule has 0 heterocycles. The number of carbonyl (C=O) groups excluding carboxylic acids is 2. The van der Waals surface area contributed by atoms with E-state index in [9.17, 15) is 9.59 Å². The van der Waals surface area contributed by atoms with Crippen LogP contribution in [0.3, 0.4) is 0 Å². The van der Waals surface area contributed by atoms with Gasteiger partial charge in [0.2, 0.25) is 5.91 Å². The second-order valence-electron chi connectivity index (χ2n) is 9.66. The molecule has 2 amide bonds. The van der Waals surface area contributed by atoms with Crippen LogP contribution in [0.1, 0.15) is 56.6 Å². The first kappa shape index (κ1) is 26.2. The SMILES string of the molecule is CCC(C(=O)NC1CCCCC1)N(Cc1ccc(C)cc1)C(=O)COc1ccc2ccccc2c1Br. The predicted molar refractivity (Wildman–Crippen MR) is 148 cm³/mol. The standard InChI is InChI=1S/C30H35BrN2O3/c1-3-26(30(35)32-24-10-5-4-6-11-24)33(19-22-15-13-21(2)14-16-22)28(34)20-36-27-18-17-23-9-7-8-12-25(23)29(27)31/h7-9,12-18,24,26H,3-6,10-11,19-20H2,1-2H3,(H,32,35). The third kappa shape index (κ3) is 6.47. The molecule has 1 atom stereocenters. The molecule has 0 spiro atoms. The molecule has 190 valence electrons. The minimum Gasteiger partial charge on any atom is -0.483 e. The van der Waals surface area contributed by atoms with Gasteiger partial charge in [0, 0.05) is 12.6 Å². The third-order valence-electron chi connectivity index (χ3n) is 6.99. The van der Waals surface area contributed by atoms with Crippen LogP contribution >= 0.6 is 15.9 Å². The minimum absolute atomic E-state index is 0.0725. The molecule has 1 fully saturated rings. The summed E-state index contributed by atoms with van der Waals surface area (Å²) in [5.74, 6) is 0.329. The van der Waals surface area contributed by atoms with E-state index in [1.54, 1.807) is 4.90 Å². The summed E-state index contributed by atoms with van der Waals surface area (Å²) in [7, 11) is 0. The second kappa shape index (κ2) is 12.4. The summed E-state index contributed by atoms with van der Waals surface area (Å²) in [4.78, 5) is 28.6. The maximum Gasteiger partial charge on any atom is 0.261 e. The molecule has 1 aliphatic rings. The molecule has 3 aromatic rings. The van der Waals surface area contributed by atoms with E-state index in [0.717, 1.165) is 52.1 Å². The highest BCUT2D eigenvalue weighted by Gasteiger charge is 2.30. The molecular weight excluding hydrogens is 516 g/mol. The molecule has 6 heteroatoms. The van der Waals surface area contributed by atoms with Crippen LogP contribution in [0.15, 0.2) is 65.1 Å². The molecule has 36 heavy (non-hydrogen) atoms. The Hall–Kier alpha value is -2.86. The van der Waals surface area contributed by atoms with Crippen LogP contribution in [-0.4, -0.2) is 35.4 Å². The van der Waals surface area contributed by atoms with E-state index in [1.807, 2.05) is 74.5 Å². The van der Waals surface area contributed by atoms with Crippen LogP contribution < -0.4 is 10.1 Å². The number of carbonyl (C=O) groups is 2. The van der Waals surface area contributed by atoms with Crippen molar-refractivity contribution in [2.75, 3.05) is 6.61 Å².